The van der Waals surface area contributed by atoms with E-state index >= 15 is 0 Å². The molecule has 0 spiro atoms. The molecule has 0 N–H and O–H groups in total. The minimum absolute atomic E-state index is 0.0965. The van der Waals surface area contributed by atoms with Crippen molar-refractivity contribution in [3.05, 3.63) is 18.3 Å². The Kier molecular flexibility index (Phi) is 3.02. The molecule has 2 heterocycles. The number of hydrogen-bond acceptors (Lipinski definition) is 4. The van der Waals surface area contributed by atoms with E-state index in [0.717, 1.165) is 0 Å². The Morgan fingerprint density at radius 2 is 2.29 bits per heavy atom. The fourth-order valence-electron chi connectivity index (χ4n) is 1.79. The molecule has 0 atom stereocenters. The van der Waals surface area contributed by atoms with Gasteiger partial charge in [0.05, 0.1) is 13.2 Å². The quantitative estimate of drug-likeness (QED) is 0.792. The molecule has 0 fully saturated rings. The van der Waals surface area contributed by atoms with Crippen LogP contribution in [0.25, 0.3) is 0 Å². The van der Waals surface area contributed by atoms with Gasteiger partial charge >= 0.3 is 0 Å². The Balaban J connectivity index is 2.38. The molecule has 0 radical (unpaired) electrons. The standard InChI is InChI=1S/C12H16N2O3/c1-12(2)11(15)14(7-8-16-3)10-9(17-12)5-4-6-13-10/h4-6H,7-8H2,1-3H3. The van der Waals surface area contributed by atoms with Gasteiger partial charge in [-0.3, -0.25) is 9.69 Å². The van der Waals surface area contributed by atoms with Crippen LogP contribution in [-0.4, -0.2) is 36.8 Å². The zero-order valence-electron chi connectivity index (χ0n) is 10.3. The fourth-order valence-corrected chi connectivity index (χ4v) is 1.79. The number of carbonyl (C=O) groups excluding carboxylic acids is 1. The summed E-state index contributed by atoms with van der Waals surface area (Å²) < 4.78 is 10.7. The lowest BCUT2D eigenvalue weighted by molar-refractivity contribution is -0.132. The highest BCUT2D eigenvalue weighted by Crippen LogP contribution is 2.35. The number of rotatable bonds is 3. The normalized spacial score (nSPS) is 17.6. The van der Waals surface area contributed by atoms with Crippen molar-refractivity contribution >= 4 is 11.7 Å². The molecule has 0 bridgehead atoms. The predicted octanol–water partition coefficient (Wildman–Crippen LogP) is 1.23. The number of nitrogens with zero attached hydrogens (tertiary/aromatic N) is 2. The molecule has 1 aliphatic heterocycles. The van der Waals surface area contributed by atoms with Crippen LogP contribution in [0.3, 0.4) is 0 Å². The first kappa shape index (κ1) is 11.9. The van der Waals surface area contributed by atoms with Gasteiger partial charge in [-0.15, -0.1) is 0 Å². The van der Waals surface area contributed by atoms with E-state index in [0.29, 0.717) is 24.7 Å². The number of carbonyl (C=O) groups is 1. The summed E-state index contributed by atoms with van der Waals surface area (Å²) in [6.45, 7) is 4.46. The Morgan fingerprint density at radius 1 is 1.53 bits per heavy atom. The summed E-state index contributed by atoms with van der Waals surface area (Å²) in [7, 11) is 1.61. The van der Waals surface area contributed by atoms with Crippen molar-refractivity contribution in [1.82, 2.24) is 4.98 Å². The molecule has 0 saturated carbocycles. The van der Waals surface area contributed by atoms with E-state index in [1.807, 2.05) is 6.07 Å². The lowest BCUT2D eigenvalue weighted by atomic mass is 10.1. The molecule has 2 rings (SSSR count). The molecule has 0 saturated heterocycles. The molecule has 1 aliphatic rings. The van der Waals surface area contributed by atoms with Crippen LogP contribution in [0.1, 0.15) is 13.8 Å². The van der Waals surface area contributed by atoms with Crippen molar-refractivity contribution in [3.8, 4) is 5.75 Å². The van der Waals surface area contributed by atoms with Crippen LogP contribution in [0.4, 0.5) is 5.82 Å². The maximum atomic E-state index is 12.2. The van der Waals surface area contributed by atoms with Crippen LogP contribution in [-0.2, 0) is 9.53 Å². The summed E-state index contributed by atoms with van der Waals surface area (Å²) in [6, 6.07) is 3.61. The number of methoxy groups -OCH3 is 1. The van der Waals surface area contributed by atoms with E-state index in [-0.39, 0.29) is 5.91 Å². The molecule has 17 heavy (non-hydrogen) atoms. The lowest BCUT2D eigenvalue weighted by Crippen LogP contribution is -2.53. The van der Waals surface area contributed by atoms with E-state index < -0.39 is 5.60 Å². The average molecular weight is 236 g/mol. The summed E-state index contributed by atoms with van der Waals surface area (Å²) >= 11 is 0. The van der Waals surface area contributed by atoms with Gasteiger partial charge < -0.3 is 9.47 Å². The molecule has 0 aliphatic carbocycles. The third kappa shape index (κ3) is 2.10. The summed E-state index contributed by atoms with van der Waals surface area (Å²) in [6.07, 6.45) is 1.65. The van der Waals surface area contributed by atoms with E-state index in [4.69, 9.17) is 9.47 Å². The van der Waals surface area contributed by atoms with E-state index in [9.17, 15) is 4.79 Å². The minimum atomic E-state index is -0.857. The molecule has 5 heteroatoms. The first-order chi connectivity index (χ1) is 8.06. The van der Waals surface area contributed by atoms with Crippen molar-refractivity contribution < 1.29 is 14.3 Å². The van der Waals surface area contributed by atoms with E-state index in [1.54, 1.807) is 38.1 Å². The fraction of sp³-hybridized carbons (Fsp3) is 0.500. The van der Waals surface area contributed by atoms with E-state index in [2.05, 4.69) is 4.98 Å². The third-order valence-electron chi connectivity index (χ3n) is 2.65. The van der Waals surface area contributed by atoms with Crippen molar-refractivity contribution in [2.75, 3.05) is 25.2 Å². The van der Waals surface area contributed by atoms with Gasteiger partial charge in [0.15, 0.2) is 17.2 Å². The average Bonchev–Trinajstić information content (AvgIpc) is 2.29. The molecular weight excluding hydrogens is 220 g/mol. The smallest absolute Gasteiger partial charge is 0.271 e. The summed E-state index contributed by atoms with van der Waals surface area (Å²) in [4.78, 5) is 18.0. The maximum Gasteiger partial charge on any atom is 0.271 e. The van der Waals surface area contributed by atoms with Crippen LogP contribution in [0, 0.1) is 0 Å². The second kappa shape index (κ2) is 4.33. The number of hydrogen-bond donors (Lipinski definition) is 0. The van der Waals surface area contributed by atoms with Crippen molar-refractivity contribution in [1.29, 1.82) is 0 Å². The second-order valence-electron chi connectivity index (χ2n) is 4.39. The highest BCUT2D eigenvalue weighted by atomic mass is 16.5. The molecule has 5 nitrogen and oxygen atoms in total. The van der Waals surface area contributed by atoms with Gasteiger partial charge in [0.2, 0.25) is 0 Å². The minimum Gasteiger partial charge on any atom is -0.474 e. The summed E-state index contributed by atoms with van der Waals surface area (Å²) in [5.41, 5.74) is -0.857. The molecule has 0 aromatic carbocycles. The zero-order valence-corrected chi connectivity index (χ0v) is 10.3. The number of amides is 1. The van der Waals surface area contributed by atoms with Crippen LogP contribution in [0.5, 0.6) is 5.75 Å². The topological polar surface area (TPSA) is 51.7 Å². The SMILES string of the molecule is COCCN1C(=O)C(C)(C)Oc2cccnc21. The van der Waals surface area contributed by atoms with Gasteiger partial charge in [0, 0.05) is 13.3 Å². The van der Waals surface area contributed by atoms with Crippen molar-refractivity contribution in [2.45, 2.75) is 19.4 Å². The van der Waals surface area contributed by atoms with Crippen LogP contribution in [0.2, 0.25) is 0 Å². The Bertz CT molecular complexity index is 432. The zero-order chi connectivity index (χ0) is 12.5. The van der Waals surface area contributed by atoms with E-state index in [1.165, 1.54) is 0 Å². The van der Waals surface area contributed by atoms with Crippen LogP contribution in [0.15, 0.2) is 18.3 Å². The number of anilines is 1. The summed E-state index contributed by atoms with van der Waals surface area (Å²) in [5, 5.41) is 0. The lowest BCUT2D eigenvalue weighted by Gasteiger charge is -2.37. The van der Waals surface area contributed by atoms with Crippen LogP contribution >= 0.6 is 0 Å². The molecular formula is C12H16N2O3. The molecule has 0 unspecified atom stereocenters. The molecule has 1 amide bonds. The van der Waals surface area contributed by atoms with Gasteiger partial charge in [-0.05, 0) is 26.0 Å². The third-order valence-corrected chi connectivity index (χ3v) is 2.65. The number of aromatic nitrogens is 1. The number of fused-ring (bicyclic) bond motifs is 1. The van der Waals surface area contributed by atoms with Crippen molar-refractivity contribution in [2.24, 2.45) is 0 Å². The predicted molar refractivity (Wildman–Crippen MR) is 63.2 cm³/mol. The van der Waals surface area contributed by atoms with Gasteiger partial charge in [0.1, 0.15) is 0 Å². The monoisotopic (exact) mass is 236 g/mol. The summed E-state index contributed by atoms with van der Waals surface area (Å²) in [5.74, 6) is 1.10. The van der Waals surface area contributed by atoms with Gasteiger partial charge in [0.25, 0.3) is 5.91 Å². The Morgan fingerprint density at radius 3 is 3.00 bits per heavy atom. The Labute approximate surface area is 100 Å². The highest BCUT2D eigenvalue weighted by Gasteiger charge is 2.41. The van der Waals surface area contributed by atoms with Gasteiger partial charge in [-0.1, -0.05) is 0 Å². The second-order valence-corrected chi connectivity index (χ2v) is 4.39. The molecule has 1 aromatic heterocycles. The molecule has 1 aromatic rings. The van der Waals surface area contributed by atoms with Crippen LogP contribution < -0.4 is 9.64 Å². The number of ether oxygens (including phenoxy) is 2. The van der Waals surface area contributed by atoms with Crippen molar-refractivity contribution in [3.63, 3.8) is 0 Å². The highest BCUT2D eigenvalue weighted by molar-refractivity contribution is 6.01. The number of pyridine rings is 1. The maximum absolute atomic E-state index is 12.2. The first-order valence-corrected chi connectivity index (χ1v) is 5.51. The van der Waals surface area contributed by atoms with Gasteiger partial charge in [-0.25, -0.2) is 4.98 Å². The first-order valence-electron chi connectivity index (χ1n) is 5.51. The largest absolute Gasteiger partial charge is 0.474 e. The molecule has 92 valence electrons. The van der Waals surface area contributed by atoms with Gasteiger partial charge in [-0.2, -0.15) is 0 Å². The Hall–Kier alpha value is -1.62.